The van der Waals surface area contributed by atoms with E-state index in [0.717, 1.165) is 36.1 Å². The van der Waals surface area contributed by atoms with E-state index in [-0.39, 0.29) is 25.7 Å². The van der Waals surface area contributed by atoms with Crippen LogP contribution in [0.5, 0.6) is 11.5 Å². The van der Waals surface area contributed by atoms with Crippen LogP contribution in [0.1, 0.15) is 138 Å². The molecule has 0 bridgehead atoms. The Kier molecular flexibility index (Phi) is 11.5. The van der Waals surface area contributed by atoms with Crippen molar-refractivity contribution in [3.63, 3.8) is 0 Å². The lowest BCUT2D eigenvalue weighted by molar-refractivity contribution is 0.291. The van der Waals surface area contributed by atoms with Crippen LogP contribution in [0.2, 0.25) is 0 Å². The number of aromatic hydroxyl groups is 1. The van der Waals surface area contributed by atoms with Gasteiger partial charge in [-0.15, -0.1) is 23.5 Å². The number of ether oxygens (including phenoxy) is 1. The molecule has 5 heteroatoms. The van der Waals surface area contributed by atoms with Crippen molar-refractivity contribution < 1.29 is 9.84 Å². The third kappa shape index (κ3) is 9.60. The molecule has 3 nitrogen and oxygen atoms in total. The fourth-order valence-electron chi connectivity index (χ4n) is 4.83. The molecule has 2 rings (SSSR count). The molecule has 3 N–H and O–H groups in total. The lowest BCUT2D eigenvalue weighted by Crippen LogP contribution is -2.21. The molecule has 0 spiro atoms. The van der Waals surface area contributed by atoms with Crippen molar-refractivity contribution in [3.8, 4) is 11.5 Å². The molecule has 41 heavy (non-hydrogen) atoms. The fraction of sp³-hybridized carbons (Fsp3) is 0.667. The van der Waals surface area contributed by atoms with Gasteiger partial charge in [0, 0.05) is 32.0 Å². The summed E-state index contributed by atoms with van der Waals surface area (Å²) in [6.45, 7) is 32.8. The van der Waals surface area contributed by atoms with Crippen molar-refractivity contribution in [2.24, 2.45) is 5.73 Å². The quantitative estimate of drug-likeness (QED) is 0.161. The first-order chi connectivity index (χ1) is 18.5. The average Bonchev–Trinajstić information content (AvgIpc) is 2.80. The monoisotopic (exact) mass is 601 g/mol. The van der Waals surface area contributed by atoms with Gasteiger partial charge >= 0.3 is 0 Å². The van der Waals surface area contributed by atoms with Gasteiger partial charge in [-0.3, -0.25) is 0 Å². The predicted octanol–water partition coefficient (Wildman–Crippen LogP) is 10.7. The van der Waals surface area contributed by atoms with Crippen LogP contribution in [0.3, 0.4) is 0 Å². The first-order valence-electron chi connectivity index (χ1n) is 15.3. The highest BCUT2D eigenvalue weighted by molar-refractivity contribution is 8.18. The van der Waals surface area contributed by atoms with Crippen LogP contribution in [0.25, 0.3) is 0 Å². The Balaban J connectivity index is 2.63. The third-order valence-corrected chi connectivity index (χ3v) is 10.4. The zero-order valence-electron chi connectivity index (χ0n) is 28.6. The summed E-state index contributed by atoms with van der Waals surface area (Å²) in [7, 11) is 0. The van der Waals surface area contributed by atoms with Crippen molar-refractivity contribution in [2.75, 3.05) is 13.2 Å². The predicted molar refractivity (Wildman–Crippen MR) is 184 cm³/mol. The van der Waals surface area contributed by atoms with Gasteiger partial charge < -0.3 is 15.6 Å². The fourth-order valence-corrected chi connectivity index (χ4v) is 7.56. The second-order valence-electron chi connectivity index (χ2n) is 15.8. The van der Waals surface area contributed by atoms with Crippen molar-refractivity contribution in [1.29, 1.82) is 0 Å². The lowest BCUT2D eigenvalue weighted by atomic mass is 9.79. The van der Waals surface area contributed by atoms with Gasteiger partial charge in [0.1, 0.15) is 11.5 Å². The lowest BCUT2D eigenvalue weighted by Gasteiger charge is -2.33. The van der Waals surface area contributed by atoms with Gasteiger partial charge in [0.2, 0.25) is 0 Å². The van der Waals surface area contributed by atoms with E-state index in [1.807, 2.05) is 23.5 Å². The van der Waals surface area contributed by atoms with Gasteiger partial charge in [0.05, 0.1) is 10.7 Å². The van der Waals surface area contributed by atoms with Crippen LogP contribution < -0.4 is 10.5 Å². The summed E-state index contributed by atoms with van der Waals surface area (Å²) in [6.07, 6.45) is 2.93. The Bertz CT molecular complexity index is 1110. The molecule has 232 valence electrons. The molecule has 0 amide bonds. The molecule has 0 aliphatic heterocycles. The first-order valence-corrected chi connectivity index (χ1v) is 16.9. The van der Waals surface area contributed by atoms with E-state index in [2.05, 4.69) is 121 Å². The first kappa shape index (κ1) is 35.9. The Hall–Kier alpha value is -1.30. The second-order valence-corrected chi connectivity index (χ2v) is 19.2. The Morgan fingerprint density at radius 2 is 1.00 bits per heavy atom. The maximum atomic E-state index is 11.3. The summed E-state index contributed by atoms with van der Waals surface area (Å²) in [5.74, 6) is 1.48. The van der Waals surface area contributed by atoms with Crippen molar-refractivity contribution >= 4 is 23.5 Å². The van der Waals surface area contributed by atoms with E-state index in [1.165, 1.54) is 20.9 Å². The van der Waals surface area contributed by atoms with Crippen LogP contribution in [0, 0.1) is 0 Å². The Labute approximate surface area is 261 Å². The summed E-state index contributed by atoms with van der Waals surface area (Å²) in [4.78, 5) is 2.48. The molecule has 0 fully saturated rings. The van der Waals surface area contributed by atoms with E-state index >= 15 is 0 Å². The van der Waals surface area contributed by atoms with Crippen molar-refractivity contribution in [1.82, 2.24) is 0 Å². The van der Waals surface area contributed by atoms with E-state index in [4.69, 9.17) is 10.5 Å². The number of rotatable bonds is 10. The minimum atomic E-state index is -0.153. The molecular weight excluding hydrogens is 543 g/mol. The smallest absolute Gasteiger partial charge is 0.126 e. The molecule has 0 saturated carbocycles. The molecule has 0 saturated heterocycles. The SMILES string of the molecule is CCC(C)(Sc1cc(C(C)(C)C)c(O)c(C(C)(C)C)c1)Sc1cc(C(C)(C)C)c(OCCCCN)c(C(C)(C)C)c1. The normalized spacial score (nSPS) is 14.7. The van der Waals surface area contributed by atoms with Gasteiger partial charge in [-0.2, -0.15) is 0 Å². The van der Waals surface area contributed by atoms with Crippen molar-refractivity contribution in [3.05, 3.63) is 46.5 Å². The maximum absolute atomic E-state index is 11.3. The molecule has 1 atom stereocenters. The van der Waals surface area contributed by atoms with Crippen LogP contribution in [-0.2, 0) is 21.7 Å². The van der Waals surface area contributed by atoms with E-state index in [1.54, 1.807) is 0 Å². The number of thioether (sulfide) groups is 2. The van der Waals surface area contributed by atoms with Gasteiger partial charge in [-0.1, -0.05) is 90.0 Å². The van der Waals surface area contributed by atoms with E-state index < -0.39 is 0 Å². The highest BCUT2D eigenvalue weighted by Gasteiger charge is 2.33. The van der Waals surface area contributed by atoms with Gasteiger partial charge in [0.25, 0.3) is 0 Å². The molecule has 2 aromatic rings. The van der Waals surface area contributed by atoms with Crippen LogP contribution >= 0.6 is 23.5 Å². The number of phenolic OH excluding ortho intramolecular Hbond substituents is 1. The summed E-state index contributed by atoms with van der Waals surface area (Å²) in [5, 5.41) is 11.3. The molecule has 2 aromatic carbocycles. The highest BCUT2D eigenvalue weighted by Crippen LogP contribution is 2.52. The molecule has 0 aliphatic rings. The number of benzene rings is 2. The standard InChI is InChI=1S/C36H59NO2S2/c1-15-36(14,40-24-20-26(32(2,3)4)30(38)27(21-24)33(5,6)7)41-25-22-28(34(8,9)10)31(39-19-17-16-18-37)29(23-25)35(11,12)13/h20-23,38H,15-19,37H2,1-14H3. The number of phenols is 1. The molecule has 0 heterocycles. The van der Waals surface area contributed by atoms with Gasteiger partial charge in [-0.25, -0.2) is 0 Å². The summed E-state index contributed by atoms with van der Waals surface area (Å²) >= 11 is 3.86. The third-order valence-electron chi connectivity index (χ3n) is 7.53. The number of hydrogen-bond acceptors (Lipinski definition) is 5. The van der Waals surface area contributed by atoms with Crippen LogP contribution in [0.15, 0.2) is 34.1 Å². The zero-order valence-corrected chi connectivity index (χ0v) is 30.2. The Morgan fingerprint density at radius 3 is 1.32 bits per heavy atom. The minimum Gasteiger partial charge on any atom is -0.507 e. The second kappa shape index (κ2) is 13.1. The van der Waals surface area contributed by atoms with Crippen LogP contribution in [0.4, 0.5) is 0 Å². The Morgan fingerprint density at radius 1 is 0.634 bits per heavy atom. The topological polar surface area (TPSA) is 55.5 Å². The minimum absolute atomic E-state index is 0.0598. The van der Waals surface area contributed by atoms with Crippen molar-refractivity contribution in [2.45, 2.75) is 152 Å². The maximum Gasteiger partial charge on any atom is 0.126 e. The van der Waals surface area contributed by atoms with Crippen LogP contribution in [-0.4, -0.2) is 22.3 Å². The van der Waals surface area contributed by atoms with Gasteiger partial charge in [-0.05, 0) is 78.7 Å². The molecule has 1 unspecified atom stereocenters. The molecule has 0 radical (unpaired) electrons. The average molecular weight is 602 g/mol. The molecular formula is C36H59NO2S2. The summed E-state index contributed by atoms with van der Waals surface area (Å²) in [6, 6.07) is 9.15. The molecule has 0 aromatic heterocycles. The number of hydrogen-bond donors (Lipinski definition) is 2. The zero-order chi connectivity index (χ0) is 31.6. The highest BCUT2D eigenvalue weighted by atomic mass is 32.2. The van der Waals surface area contributed by atoms with Gasteiger partial charge in [0.15, 0.2) is 0 Å². The number of nitrogens with two attached hydrogens (primary N) is 1. The largest absolute Gasteiger partial charge is 0.507 e. The summed E-state index contributed by atoms with van der Waals surface area (Å²) < 4.78 is 6.44. The summed E-state index contributed by atoms with van der Waals surface area (Å²) in [5.41, 5.74) is 9.87. The van der Waals surface area contributed by atoms with E-state index in [9.17, 15) is 5.11 Å². The number of unbranched alkanes of at least 4 members (excludes halogenated alkanes) is 1. The molecule has 0 aliphatic carbocycles. The van der Waals surface area contributed by atoms with E-state index in [0.29, 0.717) is 18.9 Å².